The van der Waals surface area contributed by atoms with Crippen LogP contribution in [-0.4, -0.2) is 45.8 Å². The Kier molecular flexibility index (Phi) is 10.5. The number of carbonyl (C=O) groups excluding carboxylic acids is 2. The number of benzene rings is 3. The maximum Gasteiger partial charge on any atom is 0.408 e. The first-order valence-electron chi connectivity index (χ1n) is 13.3. The molecule has 4 N–H and O–H groups in total. The van der Waals surface area contributed by atoms with Crippen molar-refractivity contribution in [3.05, 3.63) is 96.1 Å². The number of carbonyl (C=O) groups is 3. The van der Waals surface area contributed by atoms with E-state index in [9.17, 15) is 28.9 Å². The summed E-state index contributed by atoms with van der Waals surface area (Å²) in [5.74, 6) is -4.33. The topological polar surface area (TPSA) is 142 Å². The van der Waals surface area contributed by atoms with Gasteiger partial charge in [0.05, 0.1) is 5.92 Å². The molecule has 0 aromatic heterocycles. The molecule has 3 unspecified atom stereocenters. The zero-order valence-corrected chi connectivity index (χ0v) is 24.5. The number of nitrogens with one attached hydrogen (secondary N) is 2. The molecule has 0 saturated heterocycles. The molecular formula is C31H37N2O7P. The average molecular weight is 581 g/mol. The van der Waals surface area contributed by atoms with E-state index in [0.717, 1.165) is 16.7 Å². The van der Waals surface area contributed by atoms with Crippen LogP contribution in [0, 0.1) is 5.92 Å². The van der Waals surface area contributed by atoms with Crippen molar-refractivity contribution < 1.29 is 33.7 Å². The lowest BCUT2D eigenvalue weighted by atomic mass is 9.97. The summed E-state index contributed by atoms with van der Waals surface area (Å²) in [6, 6.07) is 24.3. The molecule has 0 aliphatic rings. The van der Waals surface area contributed by atoms with Crippen LogP contribution in [-0.2, 0) is 25.3 Å². The predicted molar refractivity (Wildman–Crippen MR) is 158 cm³/mol. The molecule has 4 atom stereocenters. The summed E-state index contributed by atoms with van der Waals surface area (Å²) in [5, 5.41) is 14.3. The third-order valence-electron chi connectivity index (χ3n) is 6.30. The first-order valence-corrected chi connectivity index (χ1v) is 15.2. The van der Waals surface area contributed by atoms with E-state index in [1.807, 2.05) is 54.6 Å². The molecule has 3 rings (SSSR count). The molecule has 0 heterocycles. The number of alkyl carbamates (subject to hydrolysis) is 1. The van der Waals surface area contributed by atoms with E-state index >= 15 is 0 Å². The van der Waals surface area contributed by atoms with Crippen molar-refractivity contribution in [2.75, 3.05) is 6.16 Å². The zero-order valence-electron chi connectivity index (χ0n) is 23.6. The minimum atomic E-state index is -4.34. The highest BCUT2D eigenvalue weighted by Gasteiger charge is 2.39. The lowest BCUT2D eigenvalue weighted by Crippen LogP contribution is -2.43. The molecule has 0 fully saturated rings. The third kappa shape index (κ3) is 9.59. The molecule has 0 saturated carbocycles. The quantitative estimate of drug-likeness (QED) is 0.217. The average Bonchev–Trinajstić information content (AvgIpc) is 2.91. The molecule has 9 nitrogen and oxygen atoms in total. The largest absolute Gasteiger partial charge is 0.480 e. The minimum absolute atomic E-state index is 0.0751. The second kappa shape index (κ2) is 13.6. The van der Waals surface area contributed by atoms with E-state index < -0.39 is 54.8 Å². The van der Waals surface area contributed by atoms with E-state index in [4.69, 9.17) is 4.74 Å². The molecule has 0 bridgehead atoms. The summed E-state index contributed by atoms with van der Waals surface area (Å²) in [6.07, 6.45) is -1.31. The van der Waals surface area contributed by atoms with Gasteiger partial charge in [0.15, 0.2) is 0 Å². The van der Waals surface area contributed by atoms with E-state index in [1.165, 1.54) is 6.92 Å². The SMILES string of the molecule is C[C@H](NC(=O)C(Cc1ccc(-c2ccccc2)cc1)CP(=O)(O)C(NC(=O)OC(C)(C)C)c1ccccc1)C(=O)O. The number of hydrogen-bond donors (Lipinski definition) is 4. The van der Waals surface area contributed by atoms with Gasteiger partial charge in [-0.15, -0.1) is 0 Å². The Hall–Kier alpha value is -3.94. The lowest BCUT2D eigenvalue weighted by molar-refractivity contribution is -0.141. The molecule has 41 heavy (non-hydrogen) atoms. The number of rotatable bonds is 11. The fraction of sp³-hybridized carbons (Fsp3) is 0.323. The van der Waals surface area contributed by atoms with Crippen molar-refractivity contribution in [3.8, 4) is 11.1 Å². The Labute approximate surface area is 240 Å². The third-order valence-corrected chi connectivity index (χ3v) is 8.50. The van der Waals surface area contributed by atoms with Gasteiger partial charge in [0.25, 0.3) is 0 Å². The Morgan fingerprint density at radius 1 is 0.854 bits per heavy atom. The van der Waals surface area contributed by atoms with Crippen LogP contribution < -0.4 is 10.6 Å². The summed E-state index contributed by atoms with van der Waals surface area (Å²) >= 11 is 0. The summed E-state index contributed by atoms with van der Waals surface area (Å²) in [4.78, 5) is 48.8. The number of ether oxygens (including phenoxy) is 1. The first-order chi connectivity index (χ1) is 19.2. The lowest BCUT2D eigenvalue weighted by Gasteiger charge is -2.29. The molecule has 218 valence electrons. The second-order valence-corrected chi connectivity index (χ2v) is 13.3. The Morgan fingerprint density at radius 3 is 1.93 bits per heavy atom. The monoisotopic (exact) mass is 580 g/mol. The minimum Gasteiger partial charge on any atom is -0.480 e. The first kappa shape index (κ1) is 31.6. The predicted octanol–water partition coefficient (Wildman–Crippen LogP) is 5.60. The van der Waals surface area contributed by atoms with Crippen molar-refractivity contribution >= 4 is 25.3 Å². The van der Waals surface area contributed by atoms with E-state index in [1.54, 1.807) is 51.1 Å². The maximum atomic E-state index is 14.0. The highest BCUT2D eigenvalue weighted by molar-refractivity contribution is 7.58. The molecule has 0 aliphatic heterocycles. The smallest absolute Gasteiger partial charge is 0.408 e. The number of hydrogen-bond acceptors (Lipinski definition) is 5. The molecule has 3 aromatic rings. The van der Waals surface area contributed by atoms with Crippen molar-refractivity contribution in [2.45, 2.75) is 51.5 Å². The number of carboxylic acids is 1. The van der Waals surface area contributed by atoms with E-state index in [2.05, 4.69) is 10.6 Å². The molecule has 10 heteroatoms. The Bertz CT molecular complexity index is 1370. The number of carboxylic acid groups (broad SMARTS) is 1. The second-order valence-electron chi connectivity index (χ2n) is 10.9. The molecule has 0 aliphatic carbocycles. The van der Waals surface area contributed by atoms with Gasteiger partial charge in [0.1, 0.15) is 17.4 Å². The zero-order chi connectivity index (χ0) is 30.2. The van der Waals surface area contributed by atoms with Crippen LogP contribution in [0.25, 0.3) is 11.1 Å². The molecule has 2 amide bonds. The van der Waals surface area contributed by atoms with Crippen LogP contribution in [0.1, 0.15) is 44.6 Å². The summed E-state index contributed by atoms with van der Waals surface area (Å²) in [5.41, 5.74) is 2.24. The van der Waals surface area contributed by atoms with Crippen LogP contribution in [0.3, 0.4) is 0 Å². The number of amides is 2. The fourth-order valence-corrected chi connectivity index (χ4v) is 6.36. The molecule has 0 spiro atoms. The van der Waals surface area contributed by atoms with Crippen LogP contribution in [0.5, 0.6) is 0 Å². The van der Waals surface area contributed by atoms with Crippen molar-refractivity contribution in [3.63, 3.8) is 0 Å². The maximum absolute atomic E-state index is 14.0. The molecule has 3 aromatic carbocycles. The van der Waals surface area contributed by atoms with Gasteiger partial charge in [0, 0.05) is 6.16 Å². The van der Waals surface area contributed by atoms with Gasteiger partial charge in [0.2, 0.25) is 13.3 Å². The summed E-state index contributed by atoms with van der Waals surface area (Å²) < 4.78 is 19.3. The summed E-state index contributed by atoms with van der Waals surface area (Å²) in [6.45, 7) is 6.35. The molecule has 0 radical (unpaired) electrons. The highest BCUT2D eigenvalue weighted by atomic mass is 31.2. The molecular weight excluding hydrogens is 543 g/mol. The normalized spacial score (nSPS) is 15.0. The van der Waals surface area contributed by atoms with Crippen molar-refractivity contribution in [1.82, 2.24) is 10.6 Å². The van der Waals surface area contributed by atoms with Crippen molar-refractivity contribution in [2.24, 2.45) is 5.92 Å². The highest BCUT2D eigenvalue weighted by Crippen LogP contribution is 2.55. The van der Waals surface area contributed by atoms with E-state index in [0.29, 0.717) is 5.56 Å². The van der Waals surface area contributed by atoms with Gasteiger partial charge in [-0.05, 0) is 56.4 Å². The van der Waals surface area contributed by atoms with Gasteiger partial charge in [-0.2, -0.15) is 0 Å². The van der Waals surface area contributed by atoms with Crippen LogP contribution in [0.2, 0.25) is 0 Å². The summed E-state index contributed by atoms with van der Waals surface area (Å²) in [7, 11) is -4.34. The number of aliphatic carboxylic acids is 1. The Balaban J connectivity index is 1.91. The van der Waals surface area contributed by atoms with Gasteiger partial charge in [-0.3, -0.25) is 14.2 Å². The van der Waals surface area contributed by atoms with Crippen LogP contribution >= 0.6 is 7.37 Å². The van der Waals surface area contributed by atoms with Crippen LogP contribution in [0.4, 0.5) is 4.79 Å². The standard InChI is InChI=1S/C31H37N2O7P/c1-21(29(35)36)32-27(34)26(19-22-15-17-24(18-16-22)23-11-7-5-8-12-23)20-41(38,39)28(25-13-9-6-10-14-25)33-30(37)40-31(2,3)4/h5-18,21,26,28H,19-20H2,1-4H3,(H,32,34)(H,33,37)(H,35,36)(H,38,39)/t21-,26?,28?/m0/s1. The van der Waals surface area contributed by atoms with Crippen molar-refractivity contribution in [1.29, 1.82) is 0 Å². The Morgan fingerprint density at radius 2 is 1.39 bits per heavy atom. The fourth-order valence-electron chi connectivity index (χ4n) is 4.27. The van der Waals surface area contributed by atoms with Gasteiger partial charge >= 0.3 is 12.1 Å². The van der Waals surface area contributed by atoms with Gasteiger partial charge < -0.3 is 25.4 Å². The van der Waals surface area contributed by atoms with Crippen LogP contribution in [0.15, 0.2) is 84.9 Å². The van der Waals surface area contributed by atoms with Gasteiger partial charge in [-0.1, -0.05) is 84.9 Å². The van der Waals surface area contributed by atoms with E-state index in [-0.39, 0.29) is 6.42 Å². The van der Waals surface area contributed by atoms with Gasteiger partial charge in [-0.25, -0.2) is 4.79 Å².